The number of benzene rings is 2. The predicted molar refractivity (Wildman–Crippen MR) is 110 cm³/mol. The van der Waals surface area contributed by atoms with Gasteiger partial charge >= 0.3 is 0 Å². The van der Waals surface area contributed by atoms with Gasteiger partial charge in [0.25, 0.3) is 5.56 Å². The Kier molecular flexibility index (Phi) is 4.93. The van der Waals surface area contributed by atoms with Gasteiger partial charge in [-0.1, -0.05) is 36.8 Å². The average molecular weight is 375 g/mol. The van der Waals surface area contributed by atoms with Crippen LogP contribution >= 0.6 is 0 Å². The lowest BCUT2D eigenvalue weighted by Gasteiger charge is -2.24. The number of hydrogen-bond acceptors (Lipinski definition) is 4. The number of carbonyl (C=O) groups is 1. The lowest BCUT2D eigenvalue weighted by Crippen LogP contribution is -2.28. The number of aliphatic imine (C=N–C) groups is 1. The van der Waals surface area contributed by atoms with Gasteiger partial charge in [0.1, 0.15) is 0 Å². The highest BCUT2D eigenvalue weighted by Gasteiger charge is 2.25. The van der Waals surface area contributed by atoms with Gasteiger partial charge in [-0.05, 0) is 36.6 Å². The highest BCUT2D eigenvalue weighted by Crippen LogP contribution is 2.27. The van der Waals surface area contributed by atoms with Crippen LogP contribution in [0.25, 0.3) is 10.8 Å². The summed E-state index contributed by atoms with van der Waals surface area (Å²) in [6, 6.07) is 14.7. The maximum absolute atomic E-state index is 12.1. The standard InChI is InChI=1S/C22H21N3O3/c26-20(15-6-4-7-15)24-16-8-3-5-14(11-16)12-23-13-19-17-9-1-2-10-18(17)21(27)25-22(19)28/h1-3,5,8-11,13,15H,4,6-7,12H2,(H,24,26)(H2,25,27,28). The molecule has 0 aliphatic heterocycles. The third-order valence-electron chi connectivity index (χ3n) is 5.11. The van der Waals surface area contributed by atoms with Crippen LogP contribution in [-0.2, 0) is 11.3 Å². The lowest BCUT2D eigenvalue weighted by molar-refractivity contribution is -0.122. The molecule has 3 aromatic rings. The van der Waals surface area contributed by atoms with Crippen molar-refractivity contribution < 1.29 is 9.90 Å². The Morgan fingerprint density at radius 3 is 2.71 bits per heavy atom. The molecule has 142 valence electrons. The van der Waals surface area contributed by atoms with Gasteiger partial charge < -0.3 is 10.4 Å². The molecule has 0 unspecified atom stereocenters. The molecule has 1 aromatic heterocycles. The molecule has 0 saturated heterocycles. The Morgan fingerprint density at radius 1 is 1.18 bits per heavy atom. The van der Waals surface area contributed by atoms with Crippen LogP contribution < -0.4 is 10.9 Å². The zero-order valence-electron chi connectivity index (χ0n) is 15.3. The van der Waals surface area contributed by atoms with Crippen LogP contribution in [0.5, 0.6) is 5.88 Å². The first-order valence-corrected chi connectivity index (χ1v) is 9.35. The SMILES string of the molecule is O=C(Nc1cccc(CN=Cc2c(O)[nH]c(=O)c3ccccc23)c1)C1CCC1. The number of amides is 1. The summed E-state index contributed by atoms with van der Waals surface area (Å²) in [7, 11) is 0. The monoisotopic (exact) mass is 375 g/mol. The van der Waals surface area contributed by atoms with Crippen molar-refractivity contribution in [3.8, 4) is 5.88 Å². The molecule has 0 radical (unpaired) electrons. The van der Waals surface area contributed by atoms with Crippen LogP contribution in [0.4, 0.5) is 5.69 Å². The fourth-order valence-electron chi connectivity index (χ4n) is 3.32. The number of nitrogens with zero attached hydrogens (tertiary/aromatic N) is 1. The van der Waals surface area contributed by atoms with Gasteiger partial charge in [0.05, 0.1) is 12.1 Å². The minimum atomic E-state index is -0.333. The number of hydrogen-bond donors (Lipinski definition) is 3. The first-order chi connectivity index (χ1) is 13.6. The van der Waals surface area contributed by atoms with Crippen molar-refractivity contribution in [2.45, 2.75) is 25.8 Å². The molecule has 1 fully saturated rings. The lowest BCUT2D eigenvalue weighted by atomic mass is 9.85. The van der Waals surface area contributed by atoms with Crippen molar-refractivity contribution in [3.63, 3.8) is 0 Å². The van der Waals surface area contributed by atoms with Crippen molar-refractivity contribution >= 4 is 28.6 Å². The maximum atomic E-state index is 12.1. The summed E-state index contributed by atoms with van der Waals surface area (Å²) in [5.41, 5.74) is 1.85. The maximum Gasteiger partial charge on any atom is 0.258 e. The van der Waals surface area contributed by atoms with Gasteiger partial charge in [0.15, 0.2) is 0 Å². The number of rotatable bonds is 5. The van der Waals surface area contributed by atoms with Gasteiger partial charge in [-0.2, -0.15) is 0 Å². The molecule has 6 nitrogen and oxygen atoms in total. The van der Waals surface area contributed by atoms with Crippen LogP contribution in [0.2, 0.25) is 0 Å². The minimum absolute atomic E-state index is 0.0801. The van der Waals surface area contributed by atoms with Crippen LogP contribution in [0, 0.1) is 5.92 Å². The second-order valence-corrected chi connectivity index (χ2v) is 7.05. The van der Waals surface area contributed by atoms with E-state index in [1.165, 1.54) is 0 Å². The summed E-state index contributed by atoms with van der Waals surface area (Å²) in [4.78, 5) is 30.9. The minimum Gasteiger partial charge on any atom is -0.494 e. The van der Waals surface area contributed by atoms with Crippen LogP contribution in [-0.4, -0.2) is 22.2 Å². The number of fused-ring (bicyclic) bond motifs is 1. The third-order valence-corrected chi connectivity index (χ3v) is 5.11. The predicted octanol–water partition coefficient (Wildman–Crippen LogP) is 3.59. The summed E-state index contributed by atoms with van der Waals surface area (Å²) in [6.45, 7) is 0.389. The molecule has 1 saturated carbocycles. The highest BCUT2D eigenvalue weighted by molar-refractivity contribution is 6.01. The Hall–Kier alpha value is -3.41. The van der Waals surface area contributed by atoms with E-state index in [4.69, 9.17) is 0 Å². The summed E-state index contributed by atoms with van der Waals surface area (Å²) < 4.78 is 0. The van der Waals surface area contributed by atoms with E-state index in [0.717, 1.165) is 30.5 Å². The summed E-state index contributed by atoms with van der Waals surface area (Å²) in [5.74, 6) is 0.0173. The molecule has 6 heteroatoms. The second-order valence-electron chi connectivity index (χ2n) is 7.05. The van der Waals surface area contributed by atoms with Crippen molar-refractivity contribution in [2.24, 2.45) is 10.9 Å². The van der Waals surface area contributed by atoms with Gasteiger partial charge in [-0.15, -0.1) is 0 Å². The van der Waals surface area contributed by atoms with Crippen molar-refractivity contribution in [1.82, 2.24) is 4.98 Å². The van der Waals surface area contributed by atoms with Crippen LogP contribution in [0.3, 0.4) is 0 Å². The summed E-state index contributed by atoms with van der Waals surface area (Å²) >= 11 is 0. The van der Waals surface area contributed by atoms with Crippen molar-refractivity contribution in [3.05, 3.63) is 70.0 Å². The molecule has 4 rings (SSSR count). The average Bonchev–Trinajstić information content (AvgIpc) is 2.63. The van der Waals surface area contributed by atoms with Gasteiger partial charge in [-0.25, -0.2) is 0 Å². The fraction of sp³-hybridized carbons (Fsp3) is 0.227. The molecule has 2 aromatic carbocycles. The first-order valence-electron chi connectivity index (χ1n) is 9.35. The molecule has 0 spiro atoms. The number of aromatic nitrogens is 1. The van der Waals surface area contributed by atoms with Gasteiger partial charge in [0.2, 0.25) is 11.8 Å². The fourth-order valence-corrected chi connectivity index (χ4v) is 3.32. The van der Waals surface area contributed by atoms with E-state index < -0.39 is 0 Å². The smallest absolute Gasteiger partial charge is 0.258 e. The quantitative estimate of drug-likeness (QED) is 0.595. The third kappa shape index (κ3) is 3.67. The number of aromatic hydroxyl groups is 1. The van der Waals surface area contributed by atoms with Gasteiger partial charge in [-0.3, -0.25) is 19.6 Å². The summed E-state index contributed by atoms with van der Waals surface area (Å²) in [5, 5.41) is 14.2. The van der Waals surface area contributed by atoms with Crippen LogP contribution in [0.1, 0.15) is 30.4 Å². The number of carbonyl (C=O) groups excluding carboxylic acids is 1. The van der Waals surface area contributed by atoms with E-state index in [2.05, 4.69) is 15.3 Å². The van der Waals surface area contributed by atoms with Crippen LogP contribution in [0.15, 0.2) is 58.3 Å². The Bertz CT molecular complexity index is 1110. The molecule has 1 aliphatic rings. The zero-order valence-corrected chi connectivity index (χ0v) is 15.3. The first kappa shape index (κ1) is 18.0. The number of H-pyrrole nitrogens is 1. The molecule has 0 atom stereocenters. The number of nitrogens with one attached hydrogen (secondary N) is 2. The molecule has 3 N–H and O–H groups in total. The largest absolute Gasteiger partial charge is 0.494 e. The van der Waals surface area contributed by atoms with E-state index in [9.17, 15) is 14.7 Å². The molecule has 1 heterocycles. The molecule has 1 aliphatic carbocycles. The normalized spacial score (nSPS) is 14.3. The Morgan fingerprint density at radius 2 is 1.96 bits per heavy atom. The van der Waals surface area contributed by atoms with Crippen molar-refractivity contribution in [2.75, 3.05) is 5.32 Å². The zero-order chi connectivity index (χ0) is 19.5. The van der Waals surface area contributed by atoms with E-state index in [1.807, 2.05) is 30.3 Å². The number of anilines is 1. The Balaban J connectivity index is 1.51. The van der Waals surface area contributed by atoms with Gasteiger partial charge in [0, 0.05) is 28.6 Å². The summed E-state index contributed by atoms with van der Waals surface area (Å²) in [6.07, 6.45) is 4.62. The molecular weight excluding hydrogens is 354 g/mol. The number of aromatic amines is 1. The van der Waals surface area contributed by atoms with E-state index in [0.29, 0.717) is 22.9 Å². The highest BCUT2D eigenvalue weighted by atomic mass is 16.3. The van der Waals surface area contributed by atoms with E-state index in [-0.39, 0.29) is 23.3 Å². The Labute approximate surface area is 162 Å². The topological polar surface area (TPSA) is 94.5 Å². The van der Waals surface area contributed by atoms with E-state index in [1.54, 1.807) is 24.4 Å². The van der Waals surface area contributed by atoms with Crippen molar-refractivity contribution in [1.29, 1.82) is 0 Å². The molecule has 28 heavy (non-hydrogen) atoms. The molecule has 0 bridgehead atoms. The molecular formula is C22H21N3O3. The van der Waals surface area contributed by atoms with E-state index >= 15 is 0 Å². The number of pyridine rings is 1. The molecule has 1 amide bonds. The second kappa shape index (κ2) is 7.68.